The number of hydrogen-bond acceptors (Lipinski definition) is 10. The molecule has 3 N–H and O–H groups in total. The SMILES string of the molecule is CN(CC#Cc1ccc2c(c1)[C@]1(C(=O)N2)C(C(=O)Nc2ccc(N3CCOCC3)cc2)C2C(=O)O[C@H](c3ccccc3)[C@H](c3ccccc3)N2[C@@H]1c1ccc(OCCO)cc1)Cc1ccccc1. The number of anilines is 3. The van der Waals surface area contributed by atoms with Crippen LogP contribution in [0.2, 0.25) is 0 Å². The number of carbonyl (C=O) groups is 3. The number of amides is 2. The van der Waals surface area contributed by atoms with Crippen molar-refractivity contribution in [2.45, 2.75) is 36.2 Å². The van der Waals surface area contributed by atoms with Crippen LogP contribution in [0.25, 0.3) is 0 Å². The Morgan fingerprint density at radius 3 is 2.19 bits per heavy atom. The first kappa shape index (κ1) is 44.6. The van der Waals surface area contributed by atoms with Crippen LogP contribution in [0.5, 0.6) is 5.75 Å². The van der Waals surface area contributed by atoms with Crippen molar-refractivity contribution in [1.82, 2.24) is 9.80 Å². The molecule has 2 unspecified atom stereocenters. The summed E-state index contributed by atoms with van der Waals surface area (Å²) in [6.07, 6.45) is -0.808. The van der Waals surface area contributed by atoms with E-state index in [2.05, 4.69) is 49.3 Å². The van der Waals surface area contributed by atoms with Gasteiger partial charge in [-0.1, -0.05) is 115 Å². The second kappa shape index (κ2) is 19.5. The van der Waals surface area contributed by atoms with E-state index in [1.54, 1.807) is 12.1 Å². The molecule has 0 aromatic heterocycles. The van der Waals surface area contributed by atoms with Crippen molar-refractivity contribution in [3.05, 3.63) is 191 Å². The van der Waals surface area contributed by atoms with Crippen molar-refractivity contribution >= 4 is 34.8 Å². The first-order valence-corrected chi connectivity index (χ1v) is 23.2. The summed E-state index contributed by atoms with van der Waals surface area (Å²) >= 11 is 0. The minimum absolute atomic E-state index is 0.0961. The fourth-order valence-corrected chi connectivity index (χ4v) is 10.6. The van der Waals surface area contributed by atoms with Gasteiger partial charge in [-0.25, -0.2) is 0 Å². The average Bonchev–Trinajstić information content (AvgIpc) is 3.86. The van der Waals surface area contributed by atoms with Crippen LogP contribution in [0, 0.1) is 17.8 Å². The maximum Gasteiger partial charge on any atom is 0.324 e. The quantitative estimate of drug-likeness (QED) is 0.0850. The standard InChI is InChI=1S/C56H53N5O7/c1-59(37-39-12-5-2-6-13-39)29-11-14-38-19-28-47-46(36-38)56(55(65)58-47)48(53(63)57-43-22-24-44(25-23-43)60-30-33-66-34-31-60)50-54(64)68-51(41-17-9-4-10-18-41)49(40-15-7-3-8-16-40)61(50)52(56)42-20-26-45(27-21-42)67-35-32-62/h2-10,12-13,15-28,36,48-52,62H,29-35,37H2,1H3,(H,57,63)(H,58,65)/t48?,49-,50?,51+,52+,56-/m0/s1. The predicted molar refractivity (Wildman–Crippen MR) is 260 cm³/mol. The number of hydrogen-bond donors (Lipinski definition) is 3. The Kier molecular flexibility index (Phi) is 12.8. The molecule has 1 spiro atoms. The topological polar surface area (TPSA) is 133 Å². The summed E-state index contributed by atoms with van der Waals surface area (Å²) in [6.45, 7) is 3.91. The number of ether oxygens (including phenoxy) is 3. The number of aliphatic hydroxyl groups excluding tert-OH is 1. The second-order valence-electron chi connectivity index (χ2n) is 17.7. The molecule has 4 aliphatic rings. The van der Waals surface area contributed by atoms with Crippen molar-refractivity contribution in [2.75, 3.05) is 68.6 Å². The minimum Gasteiger partial charge on any atom is -0.491 e. The largest absolute Gasteiger partial charge is 0.491 e. The van der Waals surface area contributed by atoms with Gasteiger partial charge in [0.15, 0.2) is 0 Å². The number of benzene rings is 6. The summed E-state index contributed by atoms with van der Waals surface area (Å²) in [6, 6.07) is 47.5. The van der Waals surface area contributed by atoms with E-state index in [9.17, 15) is 5.11 Å². The van der Waals surface area contributed by atoms with Crippen molar-refractivity contribution in [2.24, 2.45) is 5.92 Å². The van der Waals surface area contributed by atoms with Crippen LogP contribution in [-0.4, -0.2) is 91.8 Å². The van der Waals surface area contributed by atoms with Crippen molar-refractivity contribution in [3.8, 4) is 17.6 Å². The number of carbonyl (C=O) groups excluding carboxylic acids is 3. The van der Waals surface area contributed by atoms with E-state index in [1.165, 1.54) is 5.56 Å². The monoisotopic (exact) mass is 907 g/mol. The Morgan fingerprint density at radius 1 is 0.824 bits per heavy atom. The lowest BCUT2D eigenvalue weighted by Crippen LogP contribution is -2.53. The van der Waals surface area contributed by atoms with Gasteiger partial charge >= 0.3 is 5.97 Å². The van der Waals surface area contributed by atoms with Crippen LogP contribution < -0.4 is 20.3 Å². The molecule has 3 fully saturated rings. The number of rotatable bonds is 12. The van der Waals surface area contributed by atoms with Crippen molar-refractivity contribution in [3.63, 3.8) is 0 Å². The summed E-state index contributed by atoms with van der Waals surface area (Å²) in [5.41, 5.74) is 5.05. The molecule has 6 atom stereocenters. The van der Waals surface area contributed by atoms with E-state index in [0.717, 1.165) is 36.4 Å². The number of esters is 1. The van der Waals surface area contributed by atoms with Crippen LogP contribution in [0.4, 0.5) is 17.1 Å². The lowest BCUT2D eigenvalue weighted by molar-refractivity contribution is -0.177. The summed E-state index contributed by atoms with van der Waals surface area (Å²) in [7, 11) is 2.02. The number of cyclic esters (lactones) is 1. The molecule has 6 aromatic carbocycles. The highest BCUT2D eigenvalue weighted by Gasteiger charge is 2.74. The molecule has 6 aromatic rings. The van der Waals surface area contributed by atoms with Crippen LogP contribution in [0.3, 0.4) is 0 Å². The Labute approximate surface area is 396 Å². The molecule has 0 bridgehead atoms. The minimum atomic E-state index is -1.70. The fraction of sp³-hybridized carbons (Fsp3) is 0.268. The van der Waals surface area contributed by atoms with Gasteiger partial charge in [0.25, 0.3) is 0 Å². The number of fused-ring (bicyclic) bond motifs is 3. The molecule has 12 heteroatoms. The Balaban J connectivity index is 1.14. The molecule has 0 radical (unpaired) electrons. The molecule has 4 aliphatic heterocycles. The maximum atomic E-state index is 15.7. The smallest absolute Gasteiger partial charge is 0.324 e. The molecule has 68 heavy (non-hydrogen) atoms. The molecule has 10 rings (SSSR count). The molecule has 12 nitrogen and oxygen atoms in total. The summed E-state index contributed by atoms with van der Waals surface area (Å²) in [5, 5.41) is 15.9. The lowest BCUT2D eigenvalue weighted by atomic mass is 9.65. The van der Waals surface area contributed by atoms with E-state index >= 15 is 14.4 Å². The zero-order valence-corrected chi connectivity index (χ0v) is 37.8. The van der Waals surface area contributed by atoms with Gasteiger partial charge in [-0.2, -0.15) is 0 Å². The van der Waals surface area contributed by atoms with E-state index in [0.29, 0.717) is 53.6 Å². The molecule has 3 saturated heterocycles. The van der Waals surface area contributed by atoms with Gasteiger partial charge in [-0.05, 0) is 89.5 Å². The normalized spacial score (nSPS) is 23.0. The zero-order chi connectivity index (χ0) is 46.6. The van der Waals surface area contributed by atoms with Gasteiger partial charge in [0.2, 0.25) is 11.8 Å². The summed E-state index contributed by atoms with van der Waals surface area (Å²) in [5.74, 6) is 4.37. The molecule has 0 saturated carbocycles. The van der Waals surface area contributed by atoms with Gasteiger partial charge in [-0.3, -0.25) is 24.2 Å². The highest BCUT2D eigenvalue weighted by atomic mass is 16.6. The van der Waals surface area contributed by atoms with Gasteiger partial charge in [0, 0.05) is 42.3 Å². The Hall–Kier alpha value is -7.27. The number of nitrogens with zero attached hydrogens (tertiary/aromatic N) is 3. The highest BCUT2D eigenvalue weighted by Crippen LogP contribution is 2.65. The van der Waals surface area contributed by atoms with Gasteiger partial charge in [0.05, 0.1) is 44.4 Å². The fourth-order valence-electron chi connectivity index (χ4n) is 10.6. The number of morpholine rings is 2. The molecular weight excluding hydrogens is 855 g/mol. The highest BCUT2D eigenvalue weighted by molar-refractivity contribution is 6.13. The number of aliphatic hydroxyl groups is 1. The molecular formula is C56H53N5O7. The molecule has 344 valence electrons. The average molecular weight is 908 g/mol. The van der Waals surface area contributed by atoms with E-state index in [-0.39, 0.29) is 13.2 Å². The van der Waals surface area contributed by atoms with Crippen LogP contribution in [0.15, 0.2) is 158 Å². The van der Waals surface area contributed by atoms with Crippen LogP contribution in [-0.2, 0) is 35.8 Å². The van der Waals surface area contributed by atoms with E-state index in [1.807, 2.05) is 141 Å². The van der Waals surface area contributed by atoms with Crippen molar-refractivity contribution < 1.29 is 33.7 Å². The van der Waals surface area contributed by atoms with Crippen molar-refractivity contribution in [1.29, 1.82) is 0 Å². The Bertz CT molecular complexity index is 2810. The first-order chi connectivity index (χ1) is 33.3. The third-order valence-corrected chi connectivity index (χ3v) is 13.5. The molecule has 0 aliphatic carbocycles. The third kappa shape index (κ3) is 8.50. The Morgan fingerprint density at radius 2 is 1.50 bits per heavy atom. The van der Waals surface area contributed by atoms with Crippen LogP contribution in [0.1, 0.15) is 51.6 Å². The van der Waals surface area contributed by atoms with E-state index in [4.69, 9.17) is 14.2 Å². The predicted octanol–water partition coefficient (Wildman–Crippen LogP) is 7.29. The third-order valence-electron chi connectivity index (χ3n) is 13.5. The zero-order valence-electron chi connectivity index (χ0n) is 37.8. The van der Waals surface area contributed by atoms with Gasteiger partial charge in [0.1, 0.15) is 29.9 Å². The molecule has 4 heterocycles. The lowest BCUT2D eigenvalue weighted by Gasteiger charge is -2.46. The summed E-state index contributed by atoms with van der Waals surface area (Å²) < 4.78 is 18.0. The maximum absolute atomic E-state index is 15.7. The van der Waals surface area contributed by atoms with Gasteiger partial charge < -0.3 is 34.9 Å². The second-order valence-corrected chi connectivity index (χ2v) is 17.7. The first-order valence-electron chi connectivity index (χ1n) is 23.2. The van der Waals surface area contributed by atoms with E-state index < -0.39 is 53.3 Å². The van der Waals surface area contributed by atoms with Crippen LogP contribution >= 0.6 is 0 Å². The molecule has 2 amide bonds. The number of nitrogens with one attached hydrogen (secondary N) is 2. The summed E-state index contributed by atoms with van der Waals surface area (Å²) in [4.78, 5) is 53.1. The van der Waals surface area contributed by atoms with Gasteiger partial charge in [-0.15, -0.1) is 0 Å².